The Morgan fingerprint density at radius 1 is 1.55 bits per heavy atom. The number of aliphatic carboxylic acids is 1. The van der Waals surface area contributed by atoms with Crippen LogP contribution in [0.1, 0.15) is 18.2 Å². The Morgan fingerprint density at radius 2 is 2.35 bits per heavy atom. The van der Waals surface area contributed by atoms with Gasteiger partial charge in [0, 0.05) is 12.0 Å². The highest BCUT2D eigenvalue weighted by Crippen LogP contribution is 2.26. The smallest absolute Gasteiger partial charge is 0.306 e. The first-order chi connectivity index (χ1) is 9.63. The van der Waals surface area contributed by atoms with E-state index in [4.69, 9.17) is 9.84 Å². The first-order valence-corrected chi connectivity index (χ1v) is 7.05. The van der Waals surface area contributed by atoms with E-state index in [2.05, 4.69) is 22.4 Å². The fourth-order valence-electron chi connectivity index (χ4n) is 1.80. The second-order valence-electron chi connectivity index (χ2n) is 4.26. The number of ether oxygens (including phenoxy) is 1. The summed E-state index contributed by atoms with van der Waals surface area (Å²) < 4.78 is 6.74. The van der Waals surface area contributed by atoms with Gasteiger partial charge in [0.15, 0.2) is 5.82 Å². The van der Waals surface area contributed by atoms with Crippen molar-refractivity contribution in [1.29, 1.82) is 0 Å². The highest BCUT2D eigenvalue weighted by Gasteiger charge is 2.18. The predicted molar refractivity (Wildman–Crippen MR) is 73.6 cm³/mol. The number of carboxylic acid groups (broad SMARTS) is 1. The molecule has 0 amide bonds. The van der Waals surface area contributed by atoms with Gasteiger partial charge in [0.2, 0.25) is 0 Å². The SMILES string of the molecule is CCc1ccc(-c2nnnn2CC(CC(=O)O)OC)s1. The third-order valence-corrected chi connectivity index (χ3v) is 4.10. The maximum atomic E-state index is 10.8. The summed E-state index contributed by atoms with van der Waals surface area (Å²) in [6.07, 6.45) is 0.423. The topological polar surface area (TPSA) is 90.1 Å². The molecule has 7 nitrogen and oxygen atoms in total. The van der Waals surface area contributed by atoms with Crippen molar-refractivity contribution in [2.75, 3.05) is 7.11 Å². The van der Waals surface area contributed by atoms with Crippen LogP contribution in [0.4, 0.5) is 0 Å². The second kappa shape index (κ2) is 6.58. The van der Waals surface area contributed by atoms with E-state index in [1.54, 1.807) is 16.0 Å². The van der Waals surface area contributed by atoms with E-state index in [1.807, 2.05) is 12.1 Å². The lowest BCUT2D eigenvalue weighted by atomic mass is 10.2. The molecule has 2 rings (SSSR count). The summed E-state index contributed by atoms with van der Waals surface area (Å²) in [4.78, 5) is 13.0. The minimum atomic E-state index is -0.907. The van der Waals surface area contributed by atoms with Gasteiger partial charge >= 0.3 is 5.97 Å². The molecule has 0 aromatic carbocycles. The van der Waals surface area contributed by atoms with Crippen molar-refractivity contribution in [3.05, 3.63) is 17.0 Å². The molecule has 0 aliphatic heterocycles. The number of carbonyl (C=O) groups is 1. The van der Waals surface area contributed by atoms with Crippen LogP contribution < -0.4 is 0 Å². The zero-order valence-electron chi connectivity index (χ0n) is 11.3. The molecular formula is C12H16N4O3S. The van der Waals surface area contributed by atoms with E-state index in [-0.39, 0.29) is 6.42 Å². The lowest BCUT2D eigenvalue weighted by Crippen LogP contribution is -2.23. The standard InChI is InChI=1S/C12H16N4O3S/c1-3-9-4-5-10(20-9)12-13-14-15-16(12)7-8(19-2)6-11(17)18/h4-5,8H,3,6-7H2,1-2H3,(H,17,18). The average Bonchev–Trinajstić information content (AvgIpc) is 3.05. The number of carboxylic acids is 1. The van der Waals surface area contributed by atoms with Gasteiger partial charge in [0.25, 0.3) is 0 Å². The van der Waals surface area contributed by atoms with E-state index in [9.17, 15) is 4.79 Å². The molecule has 1 N–H and O–H groups in total. The van der Waals surface area contributed by atoms with Crippen molar-refractivity contribution in [3.63, 3.8) is 0 Å². The Bertz CT molecular complexity index is 581. The molecule has 1 atom stereocenters. The van der Waals surface area contributed by atoms with Gasteiger partial charge in [-0.25, -0.2) is 4.68 Å². The monoisotopic (exact) mass is 296 g/mol. The molecule has 0 fully saturated rings. The van der Waals surface area contributed by atoms with Gasteiger partial charge in [0.1, 0.15) is 0 Å². The number of hydrogen-bond donors (Lipinski definition) is 1. The third-order valence-electron chi connectivity index (χ3n) is 2.87. The molecule has 1 unspecified atom stereocenters. The van der Waals surface area contributed by atoms with Gasteiger partial charge in [-0.1, -0.05) is 6.92 Å². The van der Waals surface area contributed by atoms with Crippen LogP contribution in [0.25, 0.3) is 10.7 Å². The van der Waals surface area contributed by atoms with Crippen LogP contribution in [0.3, 0.4) is 0 Å². The number of aryl methyl sites for hydroxylation is 1. The van der Waals surface area contributed by atoms with Crippen molar-refractivity contribution in [1.82, 2.24) is 20.2 Å². The molecule has 2 heterocycles. The Balaban J connectivity index is 2.17. The molecule has 2 aromatic heterocycles. The number of tetrazole rings is 1. The van der Waals surface area contributed by atoms with Gasteiger partial charge in [-0.3, -0.25) is 4.79 Å². The Labute approximate surface area is 120 Å². The zero-order valence-corrected chi connectivity index (χ0v) is 12.1. The molecule has 0 radical (unpaired) electrons. The normalized spacial score (nSPS) is 12.5. The number of nitrogens with zero attached hydrogens (tertiary/aromatic N) is 4. The van der Waals surface area contributed by atoms with Crippen molar-refractivity contribution >= 4 is 17.3 Å². The second-order valence-corrected chi connectivity index (χ2v) is 5.43. The van der Waals surface area contributed by atoms with Crippen LogP contribution >= 0.6 is 11.3 Å². The van der Waals surface area contributed by atoms with Crippen LogP contribution in [0.2, 0.25) is 0 Å². The third kappa shape index (κ3) is 3.40. The van der Waals surface area contributed by atoms with Crippen molar-refractivity contribution in [2.24, 2.45) is 0 Å². The van der Waals surface area contributed by atoms with Gasteiger partial charge < -0.3 is 9.84 Å². The van der Waals surface area contributed by atoms with Crippen LogP contribution in [-0.2, 0) is 22.5 Å². The van der Waals surface area contributed by atoms with E-state index in [1.165, 1.54) is 12.0 Å². The summed E-state index contributed by atoms with van der Waals surface area (Å²) in [6, 6.07) is 4.02. The van der Waals surface area contributed by atoms with Crippen molar-refractivity contribution < 1.29 is 14.6 Å². The van der Waals surface area contributed by atoms with Crippen molar-refractivity contribution in [2.45, 2.75) is 32.4 Å². The summed E-state index contributed by atoms with van der Waals surface area (Å²) in [5.74, 6) is -0.266. The van der Waals surface area contributed by atoms with E-state index in [0.29, 0.717) is 12.4 Å². The maximum Gasteiger partial charge on any atom is 0.306 e. The molecule has 0 spiro atoms. The van der Waals surface area contributed by atoms with Gasteiger partial charge in [0.05, 0.1) is 23.9 Å². The van der Waals surface area contributed by atoms with E-state index < -0.39 is 12.1 Å². The Kier molecular flexibility index (Phi) is 4.80. The Morgan fingerprint density at radius 3 is 2.95 bits per heavy atom. The number of aromatic nitrogens is 4. The van der Waals surface area contributed by atoms with Gasteiger partial charge in [-0.2, -0.15) is 0 Å². The Hall–Kier alpha value is -1.80. The summed E-state index contributed by atoms with van der Waals surface area (Å²) in [7, 11) is 1.48. The molecule has 20 heavy (non-hydrogen) atoms. The maximum absolute atomic E-state index is 10.8. The summed E-state index contributed by atoms with van der Waals surface area (Å²) >= 11 is 1.63. The summed E-state index contributed by atoms with van der Waals surface area (Å²) in [5, 5.41) is 20.4. The molecule has 0 saturated heterocycles. The molecular weight excluding hydrogens is 280 g/mol. The quantitative estimate of drug-likeness (QED) is 0.831. The number of thiophene rings is 1. The fourth-order valence-corrected chi connectivity index (χ4v) is 2.74. The molecule has 108 valence electrons. The number of rotatable bonds is 7. The molecule has 0 saturated carbocycles. The van der Waals surface area contributed by atoms with Crippen LogP contribution in [0, 0.1) is 0 Å². The average molecular weight is 296 g/mol. The predicted octanol–water partition coefficient (Wildman–Crippen LogP) is 1.45. The molecule has 0 aliphatic rings. The largest absolute Gasteiger partial charge is 0.481 e. The van der Waals surface area contributed by atoms with Crippen molar-refractivity contribution in [3.8, 4) is 10.7 Å². The molecule has 0 aliphatic carbocycles. The molecule has 2 aromatic rings. The lowest BCUT2D eigenvalue weighted by molar-refractivity contribution is -0.139. The van der Waals surface area contributed by atoms with E-state index >= 15 is 0 Å². The van der Waals surface area contributed by atoms with Gasteiger partial charge in [-0.15, -0.1) is 16.4 Å². The summed E-state index contributed by atoms with van der Waals surface area (Å²) in [5.41, 5.74) is 0. The number of methoxy groups -OCH3 is 1. The van der Waals surface area contributed by atoms with E-state index in [0.717, 1.165) is 11.3 Å². The first-order valence-electron chi connectivity index (χ1n) is 6.23. The van der Waals surface area contributed by atoms with Gasteiger partial charge in [-0.05, 0) is 29.0 Å². The highest BCUT2D eigenvalue weighted by atomic mass is 32.1. The lowest BCUT2D eigenvalue weighted by Gasteiger charge is -2.13. The zero-order chi connectivity index (χ0) is 14.5. The van der Waals surface area contributed by atoms with Crippen LogP contribution in [0.15, 0.2) is 12.1 Å². The highest BCUT2D eigenvalue weighted by molar-refractivity contribution is 7.15. The molecule has 8 heteroatoms. The number of hydrogen-bond acceptors (Lipinski definition) is 6. The fraction of sp³-hybridized carbons (Fsp3) is 0.500. The van der Waals surface area contributed by atoms with Crippen LogP contribution in [-0.4, -0.2) is 44.5 Å². The molecule has 0 bridgehead atoms. The minimum Gasteiger partial charge on any atom is -0.481 e. The van der Waals surface area contributed by atoms with Crippen LogP contribution in [0.5, 0.6) is 0 Å². The minimum absolute atomic E-state index is 0.0829. The first kappa shape index (κ1) is 14.6. The summed E-state index contributed by atoms with van der Waals surface area (Å²) in [6.45, 7) is 2.40.